The van der Waals surface area contributed by atoms with Crippen LogP contribution in [-0.4, -0.2) is 36.5 Å². The van der Waals surface area contributed by atoms with Gasteiger partial charge in [0.15, 0.2) is 0 Å². The molecule has 1 aromatic carbocycles. The van der Waals surface area contributed by atoms with Crippen molar-refractivity contribution in [1.29, 1.82) is 0 Å². The minimum absolute atomic E-state index is 0.0310. The maximum atomic E-state index is 12.2. The highest BCUT2D eigenvalue weighted by molar-refractivity contribution is 5.95. The van der Waals surface area contributed by atoms with Gasteiger partial charge in [0.05, 0.1) is 6.04 Å². The van der Waals surface area contributed by atoms with E-state index in [1.54, 1.807) is 0 Å². The molecule has 0 aromatic heterocycles. The summed E-state index contributed by atoms with van der Waals surface area (Å²) in [6.07, 6.45) is 2.02. The number of para-hydroxylation sites is 1. The fourth-order valence-electron chi connectivity index (χ4n) is 2.60. The Kier molecular flexibility index (Phi) is 5.56. The van der Waals surface area contributed by atoms with Crippen LogP contribution in [-0.2, 0) is 11.3 Å². The van der Waals surface area contributed by atoms with Crippen molar-refractivity contribution < 1.29 is 4.79 Å². The quantitative estimate of drug-likeness (QED) is 0.836. The molecule has 0 saturated carbocycles. The van der Waals surface area contributed by atoms with E-state index < -0.39 is 0 Å². The molecule has 4 heteroatoms. The van der Waals surface area contributed by atoms with E-state index in [1.807, 2.05) is 18.2 Å². The number of nitrogens with one attached hydrogen (secondary N) is 2. The normalized spacial score (nSPS) is 18.4. The molecule has 1 heterocycles. The van der Waals surface area contributed by atoms with E-state index in [2.05, 4.69) is 35.4 Å². The Bertz CT molecular complexity index is 437. The smallest absolute Gasteiger partial charge is 0.241 e. The lowest BCUT2D eigenvalue weighted by atomic mass is 10.1. The van der Waals surface area contributed by atoms with Gasteiger partial charge in [-0.1, -0.05) is 32.0 Å². The summed E-state index contributed by atoms with van der Waals surface area (Å²) in [4.78, 5) is 14.6. The van der Waals surface area contributed by atoms with Crippen molar-refractivity contribution in [2.24, 2.45) is 0 Å². The summed E-state index contributed by atoms with van der Waals surface area (Å²) in [5, 5.41) is 6.31. The lowest BCUT2D eigenvalue weighted by molar-refractivity contribution is -0.117. The van der Waals surface area contributed by atoms with Gasteiger partial charge < -0.3 is 10.6 Å². The van der Waals surface area contributed by atoms with Gasteiger partial charge in [-0.2, -0.15) is 0 Å². The molecular weight excluding hydrogens is 250 g/mol. The predicted molar refractivity (Wildman–Crippen MR) is 82.7 cm³/mol. The first-order valence-corrected chi connectivity index (χ1v) is 7.59. The van der Waals surface area contributed by atoms with Crippen LogP contribution in [0.3, 0.4) is 0 Å². The molecule has 1 fully saturated rings. The standard InChI is InChI=1S/C16H25N3O/c1-3-19(4-2)12-13-8-5-6-9-14(13)18-16(20)15-10-7-11-17-15/h5-6,8-9,15,17H,3-4,7,10-12H2,1-2H3,(H,18,20)/t15-/m0/s1. The molecule has 110 valence electrons. The molecule has 20 heavy (non-hydrogen) atoms. The fourth-order valence-corrected chi connectivity index (χ4v) is 2.60. The van der Waals surface area contributed by atoms with Crippen LogP contribution in [0, 0.1) is 0 Å². The second-order valence-corrected chi connectivity index (χ2v) is 5.26. The molecule has 0 radical (unpaired) electrons. The maximum absolute atomic E-state index is 12.2. The topological polar surface area (TPSA) is 44.4 Å². The van der Waals surface area contributed by atoms with E-state index in [-0.39, 0.29) is 11.9 Å². The van der Waals surface area contributed by atoms with Crippen LogP contribution in [0.4, 0.5) is 5.69 Å². The van der Waals surface area contributed by atoms with Gasteiger partial charge in [-0.05, 0) is 44.1 Å². The van der Waals surface area contributed by atoms with Gasteiger partial charge in [-0.25, -0.2) is 0 Å². The van der Waals surface area contributed by atoms with E-state index in [0.717, 1.165) is 44.7 Å². The summed E-state index contributed by atoms with van der Waals surface area (Å²) in [5.41, 5.74) is 2.13. The maximum Gasteiger partial charge on any atom is 0.241 e. The molecule has 1 atom stereocenters. The highest BCUT2D eigenvalue weighted by Gasteiger charge is 2.22. The molecule has 2 N–H and O–H groups in total. The van der Waals surface area contributed by atoms with Crippen LogP contribution in [0.1, 0.15) is 32.3 Å². The Hall–Kier alpha value is -1.39. The summed E-state index contributed by atoms with van der Waals surface area (Å²) < 4.78 is 0. The van der Waals surface area contributed by atoms with E-state index in [0.29, 0.717) is 0 Å². The van der Waals surface area contributed by atoms with Crippen LogP contribution in [0.25, 0.3) is 0 Å². The second-order valence-electron chi connectivity index (χ2n) is 5.26. The molecule has 0 spiro atoms. The van der Waals surface area contributed by atoms with Gasteiger partial charge >= 0.3 is 0 Å². The van der Waals surface area contributed by atoms with Crippen molar-refractivity contribution in [3.8, 4) is 0 Å². The number of nitrogens with zero attached hydrogens (tertiary/aromatic N) is 1. The Balaban J connectivity index is 2.05. The average molecular weight is 275 g/mol. The fraction of sp³-hybridized carbons (Fsp3) is 0.562. The molecule has 0 aliphatic carbocycles. The van der Waals surface area contributed by atoms with Crippen molar-refractivity contribution >= 4 is 11.6 Å². The van der Waals surface area contributed by atoms with Gasteiger partial charge in [0, 0.05) is 12.2 Å². The summed E-state index contributed by atoms with van der Waals surface area (Å²) in [6, 6.07) is 8.06. The second kappa shape index (κ2) is 7.41. The third-order valence-electron chi connectivity index (χ3n) is 3.94. The first-order valence-electron chi connectivity index (χ1n) is 7.59. The Morgan fingerprint density at radius 1 is 1.35 bits per heavy atom. The molecule has 4 nitrogen and oxygen atoms in total. The predicted octanol–water partition coefficient (Wildman–Crippen LogP) is 2.22. The molecule has 0 unspecified atom stereocenters. The highest BCUT2D eigenvalue weighted by atomic mass is 16.2. The Labute approximate surface area is 121 Å². The molecular formula is C16H25N3O. The van der Waals surface area contributed by atoms with Crippen LogP contribution >= 0.6 is 0 Å². The molecule has 1 aliphatic rings. The lowest BCUT2D eigenvalue weighted by Crippen LogP contribution is -2.36. The number of amides is 1. The van der Waals surface area contributed by atoms with E-state index in [4.69, 9.17) is 0 Å². The van der Waals surface area contributed by atoms with E-state index >= 15 is 0 Å². The van der Waals surface area contributed by atoms with Gasteiger partial charge in [-0.15, -0.1) is 0 Å². The van der Waals surface area contributed by atoms with Crippen LogP contribution in [0.2, 0.25) is 0 Å². The number of carbonyl (C=O) groups is 1. The first-order chi connectivity index (χ1) is 9.74. The molecule has 0 bridgehead atoms. The molecule has 2 rings (SSSR count). The highest BCUT2D eigenvalue weighted by Crippen LogP contribution is 2.18. The largest absolute Gasteiger partial charge is 0.324 e. The zero-order valence-corrected chi connectivity index (χ0v) is 12.5. The minimum Gasteiger partial charge on any atom is -0.324 e. The van der Waals surface area contributed by atoms with Gasteiger partial charge in [0.25, 0.3) is 0 Å². The van der Waals surface area contributed by atoms with E-state index in [9.17, 15) is 4.79 Å². The number of anilines is 1. The monoisotopic (exact) mass is 275 g/mol. The van der Waals surface area contributed by atoms with Gasteiger partial charge in [-0.3, -0.25) is 9.69 Å². The van der Waals surface area contributed by atoms with Crippen molar-refractivity contribution in [2.45, 2.75) is 39.3 Å². The van der Waals surface area contributed by atoms with Gasteiger partial charge in [0.1, 0.15) is 0 Å². The number of hydrogen-bond donors (Lipinski definition) is 2. The summed E-state index contributed by atoms with van der Waals surface area (Å²) in [7, 11) is 0. The number of rotatable bonds is 6. The number of benzene rings is 1. The van der Waals surface area contributed by atoms with Crippen LogP contribution in [0.15, 0.2) is 24.3 Å². The molecule has 1 saturated heterocycles. The summed E-state index contributed by atoms with van der Waals surface area (Å²) in [6.45, 7) is 8.17. The third-order valence-corrected chi connectivity index (χ3v) is 3.94. The van der Waals surface area contributed by atoms with Crippen LogP contribution < -0.4 is 10.6 Å². The third kappa shape index (κ3) is 3.81. The molecule has 1 aromatic rings. The number of hydrogen-bond acceptors (Lipinski definition) is 3. The average Bonchev–Trinajstić information content (AvgIpc) is 3.00. The SMILES string of the molecule is CCN(CC)Cc1ccccc1NC(=O)[C@@H]1CCCN1. The van der Waals surface area contributed by atoms with Gasteiger partial charge in [0.2, 0.25) is 5.91 Å². The van der Waals surface area contributed by atoms with E-state index in [1.165, 1.54) is 5.56 Å². The van der Waals surface area contributed by atoms with Crippen molar-refractivity contribution in [1.82, 2.24) is 10.2 Å². The number of carbonyl (C=O) groups excluding carboxylic acids is 1. The van der Waals surface area contributed by atoms with Crippen LogP contribution in [0.5, 0.6) is 0 Å². The lowest BCUT2D eigenvalue weighted by Gasteiger charge is -2.21. The minimum atomic E-state index is -0.0310. The molecule has 1 amide bonds. The van der Waals surface area contributed by atoms with Crippen molar-refractivity contribution in [2.75, 3.05) is 25.0 Å². The summed E-state index contributed by atoms with van der Waals surface area (Å²) in [5.74, 6) is 0.0921. The Morgan fingerprint density at radius 3 is 2.75 bits per heavy atom. The van der Waals surface area contributed by atoms with Crippen molar-refractivity contribution in [3.05, 3.63) is 29.8 Å². The zero-order valence-electron chi connectivity index (χ0n) is 12.5. The Morgan fingerprint density at radius 2 is 2.10 bits per heavy atom. The summed E-state index contributed by atoms with van der Waals surface area (Å²) >= 11 is 0. The first kappa shape index (κ1) is 15.0. The molecule has 1 aliphatic heterocycles. The zero-order chi connectivity index (χ0) is 14.4. The van der Waals surface area contributed by atoms with Crippen molar-refractivity contribution in [3.63, 3.8) is 0 Å².